The van der Waals surface area contributed by atoms with E-state index in [1.165, 1.54) is 4.90 Å². The number of carboxylic acid groups (broad SMARTS) is 1. The molecule has 1 saturated heterocycles. The molecule has 1 aromatic carbocycles. The number of fused-ring (bicyclic) bond motifs is 5. The van der Waals surface area contributed by atoms with Crippen molar-refractivity contribution in [3.63, 3.8) is 0 Å². The van der Waals surface area contributed by atoms with Crippen molar-refractivity contribution < 1.29 is 24.5 Å². The van der Waals surface area contributed by atoms with Crippen LogP contribution in [0, 0.1) is 11.8 Å². The van der Waals surface area contributed by atoms with Crippen molar-refractivity contribution in [1.82, 2.24) is 4.90 Å². The molecule has 7 heteroatoms. The number of hydrogen-bond acceptors (Lipinski definition) is 5. The van der Waals surface area contributed by atoms with Crippen LogP contribution < -0.4 is 10.5 Å². The lowest BCUT2D eigenvalue weighted by atomic mass is 9.71. The zero-order valence-electron chi connectivity index (χ0n) is 14.5. The number of nitrogens with two attached hydrogens (primary N) is 1. The molecule has 0 radical (unpaired) electrons. The third-order valence-electron chi connectivity index (χ3n) is 5.67. The van der Waals surface area contributed by atoms with Gasteiger partial charge in [-0.05, 0) is 48.6 Å². The van der Waals surface area contributed by atoms with E-state index in [1.807, 2.05) is 18.2 Å². The molecule has 4 atom stereocenters. The zero-order valence-corrected chi connectivity index (χ0v) is 14.5. The molecule has 2 heterocycles. The fourth-order valence-corrected chi connectivity index (χ4v) is 4.67. The van der Waals surface area contributed by atoms with Crippen LogP contribution in [0.5, 0.6) is 5.75 Å². The molecule has 1 aliphatic carbocycles. The summed E-state index contributed by atoms with van der Waals surface area (Å²) < 4.78 is 5.57. The third kappa shape index (κ3) is 2.27. The number of aliphatic carboxylic acids is 1. The van der Waals surface area contributed by atoms with Gasteiger partial charge in [0, 0.05) is 12.5 Å². The summed E-state index contributed by atoms with van der Waals surface area (Å²) in [5.74, 6) is -1.26. The average Bonchev–Trinajstić information content (AvgIpc) is 2.90. The highest BCUT2D eigenvalue weighted by Crippen LogP contribution is 2.54. The Balaban J connectivity index is 1.77. The van der Waals surface area contributed by atoms with E-state index in [9.17, 15) is 19.8 Å². The van der Waals surface area contributed by atoms with E-state index in [0.29, 0.717) is 24.5 Å². The van der Waals surface area contributed by atoms with Crippen LogP contribution in [0.1, 0.15) is 24.5 Å². The van der Waals surface area contributed by atoms with Crippen LogP contribution in [0.2, 0.25) is 0 Å². The van der Waals surface area contributed by atoms with Crippen molar-refractivity contribution in [3.8, 4) is 5.75 Å². The Morgan fingerprint density at radius 3 is 2.88 bits per heavy atom. The second-order valence-electron chi connectivity index (χ2n) is 7.13. The van der Waals surface area contributed by atoms with Gasteiger partial charge in [-0.15, -0.1) is 0 Å². The Bertz CT molecular complexity index is 816. The van der Waals surface area contributed by atoms with Gasteiger partial charge in [-0.3, -0.25) is 4.79 Å². The second kappa shape index (κ2) is 6.10. The molecule has 1 amide bonds. The number of carbonyl (C=O) groups is 2. The molecule has 0 unspecified atom stereocenters. The minimum absolute atomic E-state index is 0.0540. The molecule has 2 aliphatic heterocycles. The zero-order chi connectivity index (χ0) is 18.6. The van der Waals surface area contributed by atoms with E-state index in [-0.39, 0.29) is 23.6 Å². The monoisotopic (exact) mass is 358 g/mol. The van der Waals surface area contributed by atoms with Crippen molar-refractivity contribution in [1.29, 1.82) is 0 Å². The number of aliphatic hydroxyl groups excluding tert-OH is 1. The number of hydrogen-bond donors (Lipinski definition) is 3. The molecular weight excluding hydrogens is 336 g/mol. The first-order valence-corrected chi connectivity index (χ1v) is 8.90. The second-order valence-corrected chi connectivity index (χ2v) is 7.13. The summed E-state index contributed by atoms with van der Waals surface area (Å²) in [5, 5.41) is 19.7. The van der Waals surface area contributed by atoms with Crippen LogP contribution in [-0.4, -0.2) is 52.3 Å². The van der Waals surface area contributed by atoms with Gasteiger partial charge < -0.3 is 25.6 Å². The summed E-state index contributed by atoms with van der Waals surface area (Å²) in [6, 6.07) is 5.36. The lowest BCUT2D eigenvalue weighted by molar-refractivity contribution is -0.163. The standard InChI is InChI=1S/C19H22N2O5/c1-9(22)14-16-13-4-2-10-8-11(26-7-6-20)3-5-12(10)15(13)17(19(24)25)21(16)18(14)23/h3,5,8-9,13-14,16,22H,2,4,6-7,20H2,1H3,(H,24,25)/t9-,13+,14-,16-/m1/s1. The van der Waals surface area contributed by atoms with Crippen molar-refractivity contribution in [2.24, 2.45) is 17.6 Å². The Hall–Kier alpha value is -2.38. The minimum Gasteiger partial charge on any atom is -0.492 e. The van der Waals surface area contributed by atoms with Crippen molar-refractivity contribution in [3.05, 3.63) is 35.0 Å². The Morgan fingerprint density at radius 1 is 1.46 bits per heavy atom. The summed E-state index contributed by atoms with van der Waals surface area (Å²) in [4.78, 5) is 25.8. The SMILES string of the molecule is C[C@@H](O)[C@H]1C(=O)N2C(C(=O)O)=C3c4ccc(OCCN)cc4CC[C@@H]3[C@H]12. The molecule has 0 aromatic heterocycles. The van der Waals surface area contributed by atoms with E-state index >= 15 is 0 Å². The number of β-lactam (4-membered cyclic amide) rings is 1. The highest BCUT2D eigenvalue weighted by molar-refractivity contribution is 6.07. The first kappa shape index (κ1) is 17.1. The maximum Gasteiger partial charge on any atom is 0.352 e. The molecule has 0 spiro atoms. The van der Waals surface area contributed by atoms with Gasteiger partial charge in [-0.25, -0.2) is 4.79 Å². The molecule has 1 fully saturated rings. The van der Waals surface area contributed by atoms with Gasteiger partial charge in [0.15, 0.2) is 0 Å². The number of aliphatic hydroxyl groups is 1. The summed E-state index contributed by atoms with van der Waals surface area (Å²) in [5.41, 5.74) is 8.14. The van der Waals surface area contributed by atoms with Crippen LogP contribution in [0.15, 0.2) is 23.9 Å². The number of benzene rings is 1. The van der Waals surface area contributed by atoms with Crippen LogP contribution in [0.25, 0.3) is 5.57 Å². The predicted molar refractivity (Wildman–Crippen MR) is 93.2 cm³/mol. The molecule has 3 aliphatic rings. The first-order chi connectivity index (χ1) is 12.5. The third-order valence-corrected chi connectivity index (χ3v) is 5.67. The molecular formula is C19H22N2O5. The molecule has 4 rings (SSSR count). The Kier molecular flexibility index (Phi) is 4.00. The van der Waals surface area contributed by atoms with E-state index in [1.54, 1.807) is 6.92 Å². The van der Waals surface area contributed by atoms with Gasteiger partial charge in [-0.1, -0.05) is 6.07 Å². The van der Waals surface area contributed by atoms with Gasteiger partial charge in [0.05, 0.1) is 18.1 Å². The lowest BCUT2D eigenvalue weighted by Gasteiger charge is -2.47. The quantitative estimate of drug-likeness (QED) is 0.665. The fourth-order valence-electron chi connectivity index (χ4n) is 4.67. The number of ether oxygens (including phenoxy) is 1. The maximum absolute atomic E-state index is 12.5. The smallest absolute Gasteiger partial charge is 0.352 e. The summed E-state index contributed by atoms with van der Waals surface area (Å²) in [7, 11) is 0. The van der Waals surface area contributed by atoms with Gasteiger partial charge >= 0.3 is 5.97 Å². The van der Waals surface area contributed by atoms with Crippen LogP contribution in [-0.2, 0) is 16.0 Å². The highest BCUT2D eigenvalue weighted by Gasteiger charge is 2.61. The molecule has 0 bridgehead atoms. The van der Waals surface area contributed by atoms with Gasteiger partial charge in [-0.2, -0.15) is 0 Å². The Labute approximate surface area is 151 Å². The van der Waals surface area contributed by atoms with Crippen molar-refractivity contribution in [2.45, 2.75) is 31.9 Å². The molecule has 7 nitrogen and oxygen atoms in total. The van der Waals surface area contributed by atoms with Crippen molar-refractivity contribution in [2.75, 3.05) is 13.2 Å². The normalized spacial score (nSPS) is 27.4. The topological polar surface area (TPSA) is 113 Å². The number of amides is 1. The molecule has 26 heavy (non-hydrogen) atoms. The maximum atomic E-state index is 12.5. The molecule has 138 valence electrons. The van der Waals surface area contributed by atoms with Crippen molar-refractivity contribution >= 4 is 17.4 Å². The van der Waals surface area contributed by atoms with Crippen LogP contribution in [0.3, 0.4) is 0 Å². The highest BCUT2D eigenvalue weighted by atomic mass is 16.5. The number of nitrogens with zero attached hydrogens (tertiary/aromatic N) is 1. The van der Waals surface area contributed by atoms with E-state index in [2.05, 4.69) is 0 Å². The molecule has 4 N–H and O–H groups in total. The van der Waals surface area contributed by atoms with Crippen LogP contribution in [0.4, 0.5) is 0 Å². The van der Waals surface area contributed by atoms with Gasteiger partial charge in [0.2, 0.25) is 5.91 Å². The molecule has 0 saturated carbocycles. The van der Waals surface area contributed by atoms with Crippen LogP contribution >= 0.6 is 0 Å². The minimum atomic E-state index is -1.10. The molecule has 1 aromatic rings. The summed E-state index contributed by atoms with van der Waals surface area (Å²) >= 11 is 0. The number of carbonyl (C=O) groups excluding carboxylic acids is 1. The average molecular weight is 358 g/mol. The Morgan fingerprint density at radius 2 is 2.23 bits per heavy atom. The largest absolute Gasteiger partial charge is 0.492 e. The van der Waals surface area contributed by atoms with Gasteiger partial charge in [0.25, 0.3) is 0 Å². The van der Waals surface area contributed by atoms with Gasteiger partial charge in [0.1, 0.15) is 18.1 Å². The fraction of sp³-hybridized carbons (Fsp3) is 0.474. The summed E-state index contributed by atoms with van der Waals surface area (Å²) in [6.07, 6.45) is 0.741. The number of rotatable bonds is 5. The predicted octanol–water partition coefficient (Wildman–Crippen LogP) is 0.604. The summed E-state index contributed by atoms with van der Waals surface area (Å²) in [6.45, 7) is 2.44. The first-order valence-electron chi connectivity index (χ1n) is 8.90. The number of carboxylic acids is 1. The number of aryl methyl sites for hydroxylation is 1. The van der Waals surface area contributed by atoms with E-state index < -0.39 is 18.0 Å². The lowest BCUT2D eigenvalue weighted by Crippen LogP contribution is -2.64. The van der Waals surface area contributed by atoms with E-state index in [0.717, 1.165) is 24.0 Å². The van der Waals surface area contributed by atoms with E-state index in [4.69, 9.17) is 10.5 Å².